The number of nitrogens with two attached hydrogens (primary N) is 1. The van der Waals surface area contributed by atoms with E-state index in [1.54, 1.807) is 6.07 Å². The number of nitrogen functional groups attached to an aromatic ring is 1. The van der Waals surface area contributed by atoms with E-state index in [0.29, 0.717) is 11.4 Å². The third kappa shape index (κ3) is 4.41. The number of anilines is 1. The predicted molar refractivity (Wildman–Crippen MR) is 81.8 cm³/mol. The van der Waals surface area contributed by atoms with Crippen LogP contribution in [0.3, 0.4) is 0 Å². The molecule has 6 heteroatoms. The van der Waals surface area contributed by atoms with E-state index < -0.39 is 0 Å². The summed E-state index contributed by atoms with van der Waals surface area (Å²) < 4.78 is 0. The fourth-order valence-electron chi connectivity index (χ4n) is 2.67. The molecule has 0 aromatic carbocycles. The molecule has 116 valence electrons. The van der Waals surface area contributed by atoms with Crippen LogP contribution < -0.4 is 16.6 Å². The zero-order chi connectivity index (χ0) is 15.2. The molecule has 5 N–H and O–H groups in total. The Bertz CT molecular complexity index is 485. The van der Waals surface area contributed by atoms with Crippen LogP contribution in [-0.4, -0.2) is 28.1 Å². The van der Waals surface area contributed by atoms with E-state index >= 15 is 0 Å². The van der Waals surface area contributed by atoms with E-state index in [-0.39, 0.29) is 18.1 Å². The van der Waals surface area contributed by atoms with Crippen molar-refractivity contribution in [2.75, 3.05) is 5.43 Å². The van der Waals surface area contributed by atoms with Crippen molar-refractivity contribution in [2.24, 2.45) is 5.84 Å². The Labute approximate surface area is 125 Å². The first-order valence-electron chi connectivity index (χ1n) is 7.59. The summed E-state index contributed by atoms with van der Waals surface area (Å²) in [5.41, 5.74) is 3.94. The Kier molecular flexibility index (Phi) is 5.52. The van der Waals surface area contributed by atoms with E-state index in [1.165, 1.54) is 0 Å². The van der Waals surface area contributed by atoms with Gasteiger partial charge in [-0.15, -0.1) is 0 Å². The molecule has 2 rings (SSSR count). The van der Waals surface area contributed by atoms with E-state index in [4.69, 9.17) is 5.84 Å². The Morgan fingerprint density at radius 3 is 2.71 bits per heavy atom. The van der Waals surface area contributed by atoms with Gasteiger partial charge in [-0.2, -0.15) is 0 Å². The van der Waals surface area contributed by atoms with Crippen molar-refractivity contribution in [3.05, 3.63) is 23.4 Å². The van der Waals surface area contributed by atoms with Gasteiger partial charge in [-0.3, -0.25) is 4.79 Å². The fourth-order valence-corrected chi connectivity index (χ4v) is 2.67. The Morgan fingerprint density at radius 1 is 1.38 bits per heavy atom. The lowest BCUT2D eigenvalue weighted by atomic mass is 9.93. The molecule has 0 radical (unpaired) electrons. The van der Waals surface area contributed by atoms with Crippen molar-refractivity contribution in [3.8, 4) is 0 Å². The lowest BCUT2D eigenvalue weighted by molar-refractivity contribution is 0.0867. The molecule has 21 heavy (non-hydrogen) atoms. The van der Waals surface area contributed by atoms with E-state index in [9.17, 15) is 9.90 Å². The van der Waals surface area contributed by atoms with Gasteiger partial charge in [0, 0.05) is 17.3 Å². The summed E-state index contributed by atoms with van der Waals surface area (Å²) in [5.74, 6) is 5.81. The zero-order valence-electron chi connectivity index (χ0n) is 12.4. The second-order valence-corrected chi connectivity index (χ2v) is 5.61. The van der Waals surface area contributed by atoms with Gasteiger partial charge in [0.2, 0.25) is 0 Å². The maximum Gasteiger partial charge on any atom is 0.251 e. The minimum Gasteiger partial charge on any atom is -0.393 e. The smallest absolute Gasteiger partial charge is 0.251 e. The highest BCUT2D eigenvalue weighted by Crippen LogP contribution is 2.19. The Balaban J connectivity index is 2.05. The lowest BCUT2D eigenvalue weighted by Crippen LogP contribution is -2.38. The number of aromatic nitrogens is 1. The first-order chi connectivity index (χ1) is 10.1. The van der Waals surface area contributed by atoms with Crippen LogP contribution in [0.2, 0.25) is 0 Å². The van der Waals surface area contributed by atoms with Gasteiger partial charge >= 0.3 is 0 Å². The first kappa shape index (κ1) is 15.7. The molecular formula is C15H24N4O2. The van der Waals surface area contributed by atoms with Crippen LogP contribution in [0.1, 0.15) is 55.1 Å². The molecule has 1 aromatic heterocycles. The number of hydrazine groups is 1. The summed E-state index contributed by atoms with van der Waals surface area (Å²) >= 11 is 0. The predicted octanol–water partition coefficient (Wildman–Crippen LogP) is 1.35. The van der Waals surface area contributed by atoms with E-state index in [1.807, 2.05) is 6.07 Å². The second-order valence-electron chi connectivity index (χ2n) is 5.61. The van der Waals surface area contributed by atoms with Crippen LogP contribution in [0.5, 0.6) is 0 Å². The standard InChI is InChI=1S/C15H24N4O2/c1-2-3-12-8-10(9-14(17-12)19-16)15(21)18-11-4-6-13(20)7-5-11/h8-9,11,13,20H,2-7,16H2,1H3,(H,17,19)(H,18,21). The number of rotatable bonds is 5. The average molecular weight is 292 g/mol. The van der Waals surface area contributed by atoms with Gasteiger partial charge in [-0.05, 0) is 44.2 Å². The van der Waals surface area contributed by atoms with Gasteiger partial charge in [0.15, 0.2) is 0 Å². The zero-order valence-corrected chi connectivity index (χ0v) is 12.4. The highest BCUT2D eigenvalue weighted by molar-refractivity contribution is 5.95. The van der Waals surface area contributed by atoms with Crippen LogP contribution in [0, 0.1) is 0 Å². The van der Waals surface area contributed by atoms with Crippen molar-refractivity contribution >= 4 is 11.7 Å². The van der Waals surface area contributed by atoms with Crippen LogP contribution in [0.25, 0.3) is 0 Å². The molecule has 1 aliphatic rings. The molecule has 0 aliphatic heterocycles. The normalized spacial score (nSPS) is 21.9. The van der Waals surface area contributed by atoms with Crippen molar-refractivity contribution in [3.63, 3.8) is 0 Å². The number of nitrogens with zero attached hydrogens (tertiary/aromatic N) is 1. The average Bonchev–Trinajstić information content (AvgIpc) is 2.49. The summed E-state index contributed by atoms with van der Waals surface area (Å²) in [6, 6.07) is 3.61. The van der Waals surface area contributed by atoms with Crippen LogP contribution in [0.4, 0.5) is 5.82 Å². The van der Waals surface area contributed by atoms with Crippen LogP contribution in [0.15, 0.2) is 12.1 Å². The Morgan fingerprint density at radius 2 is 2.10 bits per heavy atom. The molecule has 1 heterocycles. The number of aryl methyl sites for hydroxylation is 1. The summed E-state index contributed by atoms with van der Waals surface area (Å²) in [6.45, 7) is 2.07. The van der Waals surface area contributed by atoms with E-state index in [0.717, 1.165) is 44.2 Å². The fraction of sp³-hybridized carbons (Fsp3) is 0.600. The van der Waals surface area contributed by atoms with Gasteiger partial charge in [0.25, 0.3) is 5.91 Å². The van der Waals surface area contributed by atoms with Gasteiger partial charge in [0.05, 0.1) is 6.10 Å². The molecule has 1 saturated carbocycles. The number of carbonyl (C=O) groups excluding carboxylic acids is 1. The molecular weight excluding hydrogens is 268 g/mol. The molecule has 1 aromatic rings. The molecule has 0 atom stereocenters. The van der Waals surface area contributed by atoms with Crippen LogP contribution >= 0.6 is 0 Å². The van der Waals surface area contributed by atoms with E-state index in [2.05, 4.69) is 22.7 Å². The highest BCUT2D eigenvalue weighted by Gasteiger charge is 2.21. The van der Waals surface area contributed by atoms with Gasteiger partial charge in [-0.1, -0.05) is 13.3 Å². The molecule has 0 unspecified atom stereocenters. The summed E-state index contributed by atoms with van der Waals surface area (Å²) in [4.78, 5) is 16.7. The number of pyridine rings is 1. The number of amides is 1. The molecule has 0 bridgehead atoms. The number of nitrogens with one attached hydrogen (secondary N) is 2. The monoisotopic (exact) mass is 292 g/mol. The number of aliphatic hydroxyl groups excluding tert-OH is 1. The van der Waals surface area contributed by atoms with Crippen molar-refractivity contribution in [1.29, 1.82) is 0 Å². The number of hydrogen-bond donors (Lipinski definition) is 4. The minimum atomic E-state index is -0.219. The third-order valence-electron chi connectivity index (χ3n) is 3.83. The molecule has 1 fully saturated rings. The maximum absolute atomic E-state index is 12.3. The molecule has 0 spiro atoms. The molecule has 1 amide bonds. The summed E-state index contributed by atoms with van der Waals surface area (Å²) in [6.07, 6.45) is 4.69. The summed E-state index contributed by atoms with van der Waals surface area (Å²) in [5, 5.41) is 12.5. The quantitative estimate of drug-likeness (QED) is 0.485. The highest BCUT2D eigenvalue weighted by atomic mass is 16.3. The molecule has 1 aliphatic carbocycles. The maximum atomic E-state index is 12.3. The molecule has 0 saturated heterocycles. The number of carbonyl (C=O) groups is 1. The second kappa shape index (κ2) is 7.38. The topological polar surface area (TPSA) is 100 Å². The van der Waals surface area contributed by atoms with Crippen LogP contribution in [-0.2, 0) is 6.42 Å². The molecule has 6 nitrogen and oxygen atoms in total. The largest absolute Gasteiger partial charge is 0.393 e. The number of aliphatic hydroxyl groups is 1. The minimum absolute atomic E-state index is 0.104. The van der Waals surface area contributed by atoms with Crippen molar-refractivity contribution < 1.29 is 9.90 Å². The number of hydrogen-bond acceptors (Lipinski definition) is 5. The summed E-state index contributed by atoms with van der Waals surface area (Å²) in [7, 11) is 0. The lowest BCUT2D eigenvalue weighted by Gasteiger charge is -2.26. The Hall–Kier alpha value is -1.66. The van der Waals surface area contributed by atoms with Gasteiger partial charge in [0.1, 0.15) is 5.82 Å². The van der Waals surface area contributed by atoms with Gasteiger partial charge in [-0.25, -0.2) is 10.8 Å². The van der Waals surface area contributed by atoms with Crippen molar-refractivity contribution in [2.45, 2.75) is 57.6 Å². The van der Waals surface area contributed by atoms with Crippen molar-refractivity contribution in [1.82, 2.24) is 10.3 Å². The third-order valence-corrected chi connectivity index (χ3v) is 3.83. The first-order valence-corrected chi connectivity index (χ1v) is 7.59. The SMILES string of the molecule is CCCc1cc(C(=O)NC2CCC(O)CC2)cc(NN)n1. The van der Waals surface area contributed by atoms with Gasteiger partial charge < -0.3 is 15.8 Å².